The first-order valence-corrected chi connectivity index (χ1v) is 6.48. The van der Waals surface area contributed by atoms with Crippen LogP contribution in [0, 0.1) is 5.92 Å². The summed E-state index contributed by atoms with van der Waals surface area (Å²) in [7, 11) is 0. The lowest BCUT2D eigenvalue weighted by molar-refractivity contribution is -0.131. The fourth-order valence-corrected chi connectivity index (χ4v) is 2.44. The van der Waals surface area contributed by atoms with Gasteiger partial charge in [-0.15, -0.1) is 13.2 Å². The van der Waals surface area contributed by atoms with Gasteiger partial charge in [0.15, 0.2) is 0 Å². The predicted octanol–water partition coefficient (Wildman–Crippen LogP) is 0.890. The number of hydrogen-bond donors (Lipinski definition) is 1. The standard InChI is InChI=1S/C14H24N2O2/c1-4-7-15(8-5-2)14(18)10-16-9-6-12(3)13(16)11-17/h4-5,12-13,17H,1-2,6-11H2,3H3. The molecule has 2 unspecified atom stereocenters. The molecule has 1 fully saturated rings. The van der Waals surface area contributed by atoms with E-state index in [2.05, 4.69) is 25.0 Å². The smallest absolute Gasteiger partial charge is 0.237 e. The average molecular weight is 252 g/mol. The Bertz CT molecular complexity index is 294. The number of aliphatic hydroxyl groups excluding tert-OH is 1. The van der Waals surface area contributed by atoms with Crippen molar-refractivity contribution in [2.45, 2.75) is 19.4 Å². The number of hydrogen-bond acceptors (Lipinski definition) is 3. The minimum absolute atomic E-state index is 0.0716. The van der Waals surface area contributed by atoms with Gasteiger partial charge < -0.3 is 10.0 Å². The molecular formula is C14H24N2O2. The second kappa shape index (κ2) is 7.34. The van der Waals surface area contributed by atoms with Crippen LogP contribution in [0.5, 0.6) is 0 Å². The van der Waals surface area contributed by atoms with E-state index in [4.69, 9.17) is 0 Å². The maximum Gasteiger partial charge on any atom is 0.237 e. The van der Waals surface area contributed by atoms with Crippen LogP contribution in [-0.4, -0.2) is 59.6 Å². The number of amides is 1. The minimum atomic E-state index is 0.0716. The van der Waals surface area contributed by atoms with Gasteiger partial charge in [-0.1, -0.05) is 19.1 Å². The van der Waals surface area contributed by atoms with Crippen LogP contribution in [0.15, 0.2) is 25.3 Å². The first kappa shape index (κ1) is 14.9. The normalized spacial score (nSPS) is 23.9. The van der Waals surface area contributed by atoms with E-state index in [0.717, 1.165) is 13.0 Å². The molecule has 2 atom stereocenters. The topological polar surface area (TPSA) is 43.8 Å². The molecule has 0 aromatic heterocycles. The highest BCUT2D eigenvalue weighted by Gasteiger charge is 2.32. The Morgan fingerprint density at radius 3 is 2.56 bits per heavy atom. The number of rotatable bonds is 7. The number of carbonyl (C=O) groups is 1. The van der Waals surface area contributed by atoms with Crippen LogP contribution < -0.4 is 0 Å². The number of carbonyl (C=O) groups excluding carboxylic acids is 1. The van der Waals surface area contributed by atoms with E-state index in [1.165, 1.54) is 0 Å². The van der Waals surface area contributed by atoms with E-state index in [1.54, 1.807) is 17.1 Å². The molecule has 1 aliphatic rings. The van der Waals surface area contributed by atoms with Crippen molar-refractivity contribution in [1.82, 2.24) is 9.80 Å². The molecule has 0 aromatic carbocycles. The van der Waals surface area contributed by atoms with Gasteiger partial charge in [0, 0.05) is 19.1 Å². The Hall–Kier alpha value is -1.13. The van der Waals surface area contributed by atoms with Gasteiger partial charge in [-0.05, 0) is 18.9 Å². The molecule has 0 bridgehead atoms. The van der Waals surface area contributed by atoms with E-state index in [9.17, 15) is 9.90 Å². The summed E-state index contributed by atoms with van der Waals surface area (Å²) in [4.78, 5) is 15.9. The zero-order valence-corrected chi connectivity index (χ0v) is 11.2. The van der Waals surface area contributed by atoms with E-state index in [-0.39, 0.29) is 18.6 Å². The molecule has 1 rings (SSSR count). The molecule has 0 radical (unpaired) electrons. The Labute approximate surface area is 110 Å². The minimum Gasteiger partial charge on any atom is -0.395 e. The van der Waals surface area contributed by atoms with Gasteiger partial charge in [-0.3, -0.25) is 9.69 Å². The van der Waals surface area contributed by atoms with Gasteiger partial charge in [0.1, 0.15) is 0 Å². The van der Waals surface area contributed by atoms with Gasteiger partial charge in [0.2, 0.25) is 5.91 Å². The van der Waals surface area contributed by atoms with Crippen molar-refractivity contribution in [2.75, 3.05) is 32.8 Å². The maximum atomic E-state index is 12.2. The zero-order valence-electron chi connectivity index (χ0n) is 11.2. The van der Waals surface area contributed by atoms with Crippen molar-refractivity contribution >= 4 is 5.91 Å². The van der Waals surface area contributed by atoms with Crippen LogP contribution >= 0.6 is 0 Å². The summed E-state index contributed by atoms with van der Waals surface area (Å²) in [5.74, 6) is 0.525. The molecule has 0 aliphatic carbocycles. The fraction of sp³-hybridized carbons (Fsp3) is 0.643. The van der Waals surface area contributed by atoms with Crippen LogP contribution in [0.3, 0.4) is 0 Å². The molecular weight excluding hydrogens is 228 g/mol. The zero-order chi connectivity index (χ0) is 13.5. The number of likely N-dealkylation sites (tertiary alicyclic amines) is 1. The van der Waals surface area contributed by atoms with Crippen molar-refractivity contribution < 1.29 is 9.90 Å². The molecule has 0 spiro atoms. The third-order valence-corrected chi connectivity index (χ3v) is 3.57. The van der Waals surface area contributed by atoms with Crippen molar-refractivity contribution in [1.29, 1.82) is 0 Å². The van der Waals surface area contributed by atoms with Crippen LogP contribution in [0.4, 0.5) is 0 Å². The lowest BCUT2D eigenvalue weighted by Gasteiger charge is -2.27. The van der Waals surface area contributed by atoms with Crippen molar-refractivity contribution in [3.05, 3.63) is 25.3 Å². The van der Waals surface area contributed by atoms with Crippen molar-refractivity contribution in [3.63, 3.8) is 0 Å². The van der Waals surface area contributed by atoms with E-state index >= 15 is 0 Å². The summed E-state index contributed by atoms with van der Waals surface area (Å²) in [5.41, 5.74) is 0. The van der Waals surface area contributed by atoms with Crippen LogP contribution in [-0.2, 0) is 4.79 Å². The van der Waals surface area contributed by atoms with Crippen molar-refractivity contribution in [3.8, 4) is 0 Å². The van der Waals surface area contributed by atoms with E-state index in [1.807, 2.05) is 0 Å². The highest BCUT2D eigenvalue weighted by atomic mass is 16.3. The third-order valence-electron chi connectivity index (χ3n) is 3.57. The lowest BCUT2D eigenvalue weighted by atomic mass is 10.0. The number of nitrogens with zero attached hydrogens (tertiary/aromatic N) is 2. The molecule has 0 saturated carbocycles. The molecule has 1 heterocycles. The quantitative estimate of drug-likeness (QED) is 0.684. The van der Waals surface area contributed by atoms with Gasteiger partial charge in [-0.2, -0.15) is 0 Å². The molecule has 1 N–H and O–H groups in total. The molecule has 1 saturated heterocycles. The summed E-state index contributed by atoms with van der Waals surface area (Å²) in [5, 5.41) is 9.37. The second-order valence-corrected chi connectivity index (χ2v) is 4.86. The molecule has 4 nitrogen and oxygen atoms in total. The summed E-state index contributed by atoms with van der Waals surface area (Å²) in [6.07, 6.45) is 4.48. The molecule has 18 heavy (non-hydrogen) atoms. The van der Waals surface area contributed by atoms with Gasteiger partial charge in [0.25, 0.3) is 0 Å². The summed E-state index contributed by atoms with van der Waals surface area (Å²) < 4.78 is 0. The molecule has 1 amide bonds. The summed E-state index contributed by atoms with van der Waals surface area (Å²) in [6, 6.07) is 0.114. The van der Waals surface area contributed by atoms with Gasteiger partial charge >= 0.3 is 0 Å². The molecule has 102 valence electrons. The number of aliphatic hydroxyl groups is 1. The van der Waals surface area contributed by atoms with Crippen LogP contribution in [0.25, 0.3) is 0 Å². The Morgan fingerprint density at radius 1 is 1.44 bits per heavy atom. The SMILES string of the molecule is C=CCN(CC=C)C(=O)CN1CCC(C)C1CO. The van der Waals surface area contributed by atoms with Gasteiger partial charge in [-0.25, -0.2) is 0 Å². The average Bonchev–Trinajstić information content (AvgIpc) is 2.69. The van der Waals surface area contributed by atoms with E-state index in [0.29, 0.717) is 25.6 Å². The monoisotopic (exact) mass is 252 g/mol. The highest BCUT2D eigenvalue weighted by Crippen LogP contribution is 2.23. The Balaban J connectivity index is 2.56. The first-order valence-electron chi connectivity index (χ1n) is 6.48. The molecule has 1 aliphatic heterocycles. The fourth-order valence-electron chi connectivity index (χ4n) is 2.44. The second-order valence-electron chi connectivity index (χ2n) is 4.86. The predicted molar refractivity (Wildman–Crippen MR) is 73.2 cm³/mol. The summed E-state index contributed by atoms with van der Waals surface area (Å²) in [6.45, 7) is 11.9. The van der Waals surface area contributed by atoms with Crippen LogP contribution in [0.2, 0.25) is 0 Å². The van der Waals surface area contributed by atoms with Crippen LogP contribution in [0.1, 0.15) is 13.3 Å². The Morgan fingerprint density at radius 2 is 2.06 bits per heavy atom. The highest BCUT2D eigenvalue weighted by molar-refractivity contribution is 5.78. The lowest BCUT2D eigenvalue weighted by Crippen LogP contribution is -2.44. The van der Waals surface area contributed by atoms with E-state index < -0.39 is 0 Å². The Kier molecular flexibility index (Phi) is 6.09. The largest absolute Gasteiger partial charge is 0.395 e. The summed E-state index contributed by atoms with van der Waals surface area (Å²) >= 11 is 0. The molecule has 4 heteroatoms. The maximum absolute atomic E-state index is 12.2. The third kappa shape index (κ3) is 3.68. The van der Waals surface area contributed by atoms with Crippen molar-refractivity contribution in [2.24, 2.45) is 5.92 Å². The first-order chi connectivity index (χ1) is 8.63. The molecule has 0 aromatic rings. The van der Waals surface area contributed by atoms with Gasteiger partial charge in [0.05, 0.1) is 13.2 Å².